The van der Waals surface area contributed by atoms with Gasteiger partial charge >= 0.3 is 0 Å². The van der Waals surface area contributed by atoms with Crippen LogP contribution in [0.5, 0.6) is 5.75 Å². The minimum Gasteiger partial charge on any atom is -0.489 e. The van der Waals surface area contributed by atoms with Gasteiger partial charge in [0.15, 0.2) is 0 Å². The Hall–Kier alpha value is -2.31. The number of nitriles is 1. The molecular weight excluding hydrogens is 272 g/mol. The van der Waals surface area contributed by atoms with E-state index in [0.29, 0.717) is 13.0 Å². The van der Waals surface area contributed by atoms with E-state index < -0.39 is 0 Å². The molecule has 0 heterocycles. The van der Waals surface area contributed by atoms with Crippen molar-refractivity contribution in [2.45, 2.75) is 32.4 Å². The lowest BCUT2D eigenvalue weighted by Crippen LogP contribution is -2.15. The molecule has 0 unspecified atom stereocenters. The van der Waals surface area contributed by atoms with Crippen molar-refractivity contribution in [3.05, 3.63) is 65.7 Å². The molecular formula is C19H22N2O. The van der Waals surface area contributed by atoms with Crippen LogP contribution < -0.4 is 10.1 Å². The SMILES string of the molecule is N#CCCCCNCc1ccccc1OCc1ccccc1. The Morgan fingerprint density at radius 1 is 0.955 bits per heavy atom. The normalized spacial score (nSPS) is 10.1. The summed E-state index contributed by atoms with van der Waals surface area (Å²) in [5, 5.41) is 11.9. The average molecular weight is 294 g/mol. The number of para-hydroxylation sites is 1. The molecule has 2 rings (SSSR count). The van der Waals surface area contributed by atoms with E-state index in [4.69, 9.17) is 10.00 Å². The van der Waals surface area contributed by atoms with E-state index in [1.807, 2.05) is 36.4 Å². The van der Waals surface area contributed by atoms with Gasteiger partial charge in [-0.15, -0.1) is 0 Å². The lowest BCUT2D eigenvalue weighted by Gasteiger charge is -2.12. The molecule has 0 aliphatic heterocycles. The summed E-state index contributed by atoms with van der Waals surface area (Å²) >= 11 is 0. The third-order valence-corrected chi connectivity index (χ3v) is 3.42. The third-order valence-electron chi connectivity index (χ3n) is 3.42. The maximum atomic E-state index is 8.50. The van der Waals surface area contributed by atoms with Crippen LogP contribution in [0.4, 0.5) is 0 Å². The highest BCUT2D eigenvalue weighted by Crippen LogP contribution is 2.19. The van der Waals surface area contributed by atoms with Crippen LogP contribution in [0.15, 0.2) is 54.6 Å². The minimum absolute atomic E-state index is 0.583. The summed E-state index contributed by atoms with van der Waals surface area (Å²) in [5.74, 6) is 0.927. The van der Waals surface area contributed by atoms with Crippen LogP contribution in [0, 0.1) is 11.3 Å². The molecule has 22 heavy (non-hydrogen) atoms. The van der Waals surface area contributed by atoms with Crippen molar-refractivity contribution in [1.82, 2.24) is 5.32 Å². The van der Waals surface area contributed by atoms with Gasteiger partial charge in [-0.05, 0) is 31.0 Å². The minimum atomic E-state index is 0.583. The monoisotopic (exact) mass is 294 g/mol. The van der Waals surface area contributed by atoms with Crippen LogP contribution in [-0.4, -0.2) is 6.54 Å². The van der Waals surface area contributed by atoms with Crippen molar-refractivity contribution in [3.63, 3.8) is 0 Å². The van der Waals surface area contributed by atoms with E-state index in [1.165, 1.54) is 11.1 Å². The summed E-state index contributed by atoms with van der Waals surface area (Å²) in [4.78, 5) is 0. The van der Waals surface area contributed by atoms with E-state index in [1.54, 1.807) is 0 Å². The molecule has 0 saturated heterocycles. The summed E-state index contributed by atoms with van der Waals surface area (Å²) in [6, 6.07) is 20.5. The maximum Gasteiger partial charge on any atom is 0.124 e. The first-order valence-corrected chi connectivity index (χ1v) is 7.72. The van der Waals surface area contributed by atoms with E-state index >= 15 is 0 Å². The Bertz CT molecular complexity index is 590. The first-order valence-electron chi connectivity index (χ1n) is 7.72. The van der Waals surface area contributed by atoms with Gasteiger partial charge in [-0.25, -0.2) is 0 Å². The maximum absolute atomic E-state index is 8.50. The fourth-order valence-electron chi connectivity index (χ4n) is 2.20. The van der Waals surface area contributed by atoms with E-state index in [9.17, 15) is 0 Å². The van der Waals surface area contributed by atoms with Gasteiger partial charge < -0.3 is 10.1 Å². The van der Waals surface area contributed by atoms with E-state index in [0.717, 1.165) is 31.7 Å². The molecule has 0 radical (unpaired) electrons. The van der Waals surface area contributed by atoms with Crippen LogP contribution in [0.25, 0.3) is 0 Å². The van der Waals surface area contributed by atoms with Gasteiger partial charge in [0.05, 0.1) is 6.07 Å². The van der Waals surface area contributed by atoms with E-state index in [-0.39, 0.29) is 0 Å². The number of ether oxygens (including phenoxy) is 1. The summed E-state index contributed by atoms with van der Waals surface area (Å²) in [5.41, 5.74) is 2.33. The van der Waals surface area contributed by atoms with Crippen molar-refractivity contribution in [2.24, 2.45) is 0 Å². The number of hydrogen-bond acceptors (Lipinski definition) is 3. The molecule has 0 bridgehead atoms. The Kier molecular flexibility index (Phi) is 7.01. The van der Waals surface area contributed by atoms with Crippen molar-refractivity contribution in [3.8, 4) is 11.8 Å². The molecule has 0 aliphatic rings. The average Bonchev–Trinajstić information content (AvgIpc) is 2.58. The smallest absolute Gasteiger partial charge is 0.124 e. The molecule has 3 nitrogen and oxygen atoms in total. The van der Waals surface area contributed by atoms with Crippen LogP contribution in [-0.2, 0) is 13.2 Å². The molecule has 1 N–H and O–H groups in total. The van der Waals surface area contributed by atoms with E-state index in [2.05, 4.69) is 29.6 Å². The second kappa shape index (κ2) is 9.59. The zero-order valence-corrected chi connectivity index (χ0v) is 12.8. The zero-order chi connectivity index (χ0) is 15.5. The van der Waals surface area contributed by atoms with Gasteiger partial charge in [0.25, 0.3) is 0 Å². The van der Waals surface area contributed by atoms with Gasteiger partial charge in [0, 0.05) is 18.5 Å². The fraction of sp³-hybridized carbons (Fsp3) is 0.316. The Balaban J connectivity index is 1.81. The Labute approximate surface area is 132 Å². The molecule has 0 amide bonds. The largest absolute Gasteiger partial charge is 0.489 e. The van der Waals surface area contributed by atoms with Gasteiger partial charge in [0.1, 0.15) is 12.4 Å². The number of unbranched alkanes of at least 4 members (excludes halogenated alkanes) is 2. The molecule has 114 valence electrons. The number of hydrogen-bond donors (Lipinski definition) is 1. The second-order valence-electron chi connectivity index (χ2n) is 5.17. The third kappa shape index (κ3) is 5.59. The van der Waals surface area contributed by atoms with Crippen LogP contribution in [0.1, 0.15) is 30.4 Å². The van der Waals surface area contributed by atoms with Gasteiger partial charge in [-0.3, -0.25) is 0 Å². The summed E-state index contributed by atoms with van der Waals surface area (Å²) in [6.07, 6.45) is 2.62. The zero-order valence-electron chi connectivity index (χ0n) is 12.8. The van der Waals surface area contributed by atoms with Crippen LogP contribution in [0.2, 0.25) is 0 Å². The summed E-state index contributed by atoms with van der Waals surface area (Å²) in [6.45, 7) is 2.30. The molecule has 3 heteroatoms. The molecule has 0 saturated carbocycles. The molecule has 0 aliphatic carbocycles. The van der Waals surface area contributed by atoms with Gasteiger partial charge in [-0.2, -0.15) is 5.26 Å². The van der Waals surface area contributed by atoms with Crippen LogP contribution in [0.3, 0.4) is 0 Å². The summed E-state index contributed by atoms with van der Waals surface area (Å²) < 4.78 is 5.94. The lowest BCUT2D eigenvalue weighted by atomic mass is 10.2. The molecule has 0 atom stereocenters. The molecule has 0 aromatic heterocycles. The standard InChI is InChI=1S/C19H22N2O/c20-13-7-2-8-14-21-15-18-11-5-6-12-19(18)22-16-17-9-3-1-4-10-17/h1,3-6,9-12,21H,2,7-8,14-16H2. The quantitative estimate of drug-likeness (QED) is 0.710. The molecule has 0 fully saturated rings. The fourth-order valence-corrected chi connectivity index (χ4v) is 2.20. The number of nitrogens with one attached hydrogen (secondary N) is 1. The van der Waals surface area contributed by atoms with Crippen molar-refractivity contribution >= 4 is 0 Å². The lowest BCUT2D eigenvalue weighted by molar-refractivity contribution is 0.302. The predicted octanol–water partition coefficient (Wildman–Crippen LogP) is 4.05. The second-order valence-corrected chi connectivity index (χ2v) is 5.17. The first-order chi connectivity index (χ1) is 10.9. The highest BCUT2D eigenvalue weighted by Gasteiger charge is 2.03. The highest BCUT2D eigenvalue weighted by atomic mass is 16.5. The predicted molar refractivity (Wildman–Crippen MR) is 88.4 cm³/mol. The van der Waals surface area contributed by atoms with Gasteiger partial charge in [0.2, 0.25) is 0 Å². The topological polar surface area (TPSA) is 45.0 Å². The number of benzene rings is 2. The van der Waals surface area contributed by atoms with Crippen molar-refractivity contribution in [2.75, 3.05) is 6.54 Å². The Morgan fingerprint density at radius 2 is 1.73 bits per heavy atom. The first kappa shape index (κ1) is 16.1. The van der Waals surface area contributed by atoms with Crippen molar-refractivity contribution in [1.29, 1.82) is 5.26 Å². The summed E-state index contributed by atoms with van der Waals surface area (Å²) in [7, 11) is 0. The van der Waals surface area contributed by atoms with Gasteiger partial charge in [-0.1, -0.05) is 48.5 Å². The van der Waals surface area contributed by atoms with Crippen LogP contribution >= 0.6 is 0 Å². The molecule has 2 aromatic carbocycles. The molecule has 2 aromatic rings. The Morgan fingerprint density at radius 3 is 2.55 bits per heavy atom. The highest BCUT2D eigenvalue weighted by molar-refractivity contribution is 5.33. The number of rotatable bonds is 9. The number of nitrogens with zero attached hydrogens (tertiary/aromatic N) is 1. The molecule has 0 spiro atoms. The van der Waals surface area contributed by atoms with Crippen molar-refractivity contribution < 1.29 is 4.74 Å².